The normalized spacial score (nSPS) is 21.2. The van der Waals surface area contributed by atoms with Gasteiger partial charge >= 0.3 is 5.97 Å². The number of pyridine rings is 1. The zero-order valence-corrected chi connectivity index (χ0v) is 11.2. The number of hydrogen-bond acceptors (Lipinski definition) is 4. The van der Waals surface area contributed by atoms with Gasteiger partial charge in [0.15, 0.2) is 0 Å². The fraction of sp³-hybridized carbons (Fsp3) is 0.571. The molecule has 5 nitrogen and oxygen atoms in total. The molecule has 0 amide bonds. The molecule has 5 heteroatoms. The zero-order valence-electron chi connectivity index (χ0n) is 11.2. The summed E-state index contributed by atoms with van der Waals surface area (Å²) in [6.45, 7) is 5.13. The number of hydrogen-bond donors (Lipinski definition) is 1. The number of aromatic nitrogens is 1. The topological polar surface area (TPSA) is 62.7 Å². The largest absolute Gasteiger partial charge is 0.491 e. The van der Waals surface area contributed by atoms with Crippen LogP contribution in [0.5, 0.6) is 5.75 Å². The molecule has 0 spiro atoms. The molecule has 2 heterocycles. The minimum atomic E-state index is -0.771. The number of ether oxygens (including phenoxy) is 1. The van der Waals surface area contributed by atoms with Crippen molar-refractivity contribution in [2.75, 3.05) is 26.2 Å². The smallest absolute Gasteiger partial charge is 0.310 e. The zero-order chi connectivity index (χ0) is 13.7. The Morgan fingerprint density at radius 3 is 3.11 bits per heavy atom. The molecule has 0 radical (unpaired) electrons. The van der Waals surface area contributed by atoms with Crippen molar-refractivity contribution in [3.63, 3.8) is 0 Å². The second-order valence-corrected chi connectivity index (χ2v) is 4.89. The summed E-state index contributed by atoms with van der Waals surface area (Å²) in [6, 6.07) is 3.57. The predicted molar refractivity (Wildman–Crippen MR) is 71.1 cm³/mol. The van der Waals surface area contributed by atoms with Crippen LogP contribution in [0.15, 0.2) is 24.5 Å². The van der Waals surface area contributed by atoms with Crippen LogP contribution in [0.4, 0.5) is 0 Å². The fourth-order valence-electron chi connectivity index (χ4n) is 2.51. The summed E-state index contributed by atoms with van der Waals surface area (Å²) in [6.07, 6.45) is 4.20. The maximum absolute atomic E-state index is 11.4. The van der Waals surface area contributed by atoms with Crippen molar-refractivity contribution >= 4 is 5.97 Å². The molecule has 0 aliphatic carbocycles. The number of rotatable bonds is 6. The van der Waals surface area contributed by atoms with Gasteiger partial charge in [0.2, 0.25) is 0 Å². The molecule has 1 aliphatic heterocycles. The summed E-state index contributed by atoms with van der Waals surface area (Å²) in [7, 11) is 0. The maximum Gasteiger partial charge on any atom is 0.310 e. The highest BCUT2D eigenvalue weighted by molar-refractivity contribution is 5.70. The van der Waals surface area contributed by atoms with E-state index in [2.05, 4.69) is 16.8 Å². The average Bonchev–Trinajstić information content (AvgIpc) is 2.88. The Morgan fingerprint density at radius 1 is 1.68 bits per heavy atom. The number of carboxylic acid groups (broad SMARTS) is 1. The molecule has 1 aromatic heterocycles. The highest BCUT2D eigenvalue weighted by Gasteiger charge is 2.33. The van der Waals surface area contributed by atoms with E-state index in [4.69, 9.17) is 4.74 Å². The van der Waals surface area contributed by atoms with Gasteiger partial charge in [0, 0.05) is 12.7 Å². The van der Waals surface area contributed by atoms with E-state index in [-0.39, 0.29) is 12.5 Å². The molecule has 1 saturated heterocycles. The third-order valence-electron chi connectivity index (χ3n) is 3.71. The van der Waals surface area contributed by atoms with Gasteiger partial charge in [-0.05, 0) is 37.6 Å². The minimum Gasteiger partial charge on any atom is -0.491 e. The van der Waals surface area contributed by atoms with E-state index < -0.39 is 11.9 Å². The lowest BCUT2D eigenvalue weighted by Crippen LogP contribution is -2.31. The summed E-state index contributed by atoms with van der Waals surface area (Å²) in [5.41, 5.74) is 0. The number of carbonyl (C=O) groups is 1. The van der Waals surface area contributed by atoms with Crippen LogP contribution in [-0.4, -0.2) is 47.2 Å². The summed E-state index contributed by atoms with van der Waals surface area (Å²) in [5.74, 6) is -0.420. The number of aliphatic carboxylic acids is 1. The van der Waals surface area contributed by atoms with E-state index in [1.165, 1.54) is 0 Å². The van der Waals surface area contributed by atoms with Gasteiger partial charge in [-0.3, -0.25) is 9.78 Å². The summed E-state index contributed by atoms with van der Waals surface area (Å²) in [4.78, 5) is 17.6. The van der Waals surface area contributed by atoms with Crippen LogP contribution in [0, 0.1) is 11.8 Å². The van der Waals surface area contributed by atoms with E-state index in [9.17, 15) is 9.90 Å². The third kappa shape index (κ3) is 3.67. The molecule has 0 saturated carbocycles. The standard InChI is InChI=1S/C14H20N2O3/c1-2-16-7-5-11(9-16)13(14(17)18)10-19-12-4-3-6-15-8-12/h3-4,6,8,11,13H,2,5,7,9-10H2,1H3,(H,17,18). The Labute approximate surface area is 113 Å². The quantitative estimate of drug-likeness (QED) is 0.843. The molecule has 1 fully saturated rings. The summed E-state index contributed by atoms with van der Waals surface area (Å²) >= 11 is 0. The number of likely N-dealkylation sites (tertiary alicyclic amines) is 1. The monoisotopic (exact) mass is 264 g/mol. The van der Waals surface area contributed by atoms with Gasteiger partial charge < -0.3 is 14.7 Å². The first-order valence-corrected chi connectivity index (χ1v) is 6.68. The van der Waals surface area contributed by atoms with Gasteiger partial charge in [-0.25, -0.2) is 0 Å². The van der Waals surface area contributed by atoms with Crippen LogP contribution in [0.1, 0.15) is 13.3 Å². The molecule has 2 unspecified atom stereocenters. The van der Waals surface area contributed by atoms with E-state index >= 15 is 0 Å². The van der Waals surface area contributed by atoms with Gasteiger partial charge in [0.1, 0.15) is 12.4 Å². The van der Waals surface area contributed by atoms with Gasteiger partial charge in [0.25, 0.3) is 0 Å². The fourth-order valence-corrected chi connectivity index (χ4v) is 2.51. The Hall–Kier alpha value is -1.62. The molecular formula is C14H20N2O3. The molecule has 2 atom stereocenters. The van der Waals surface area contributed by atoms with E-state index in [1.807, 2.05) is 0 Å². The first-order chi connectivity index (χ1) is 9.20. The maximum atomic E-state index is 11.4. The molecule has 2 rings (SSSR count). The summed E-state index contributed by atoms with van der Waals surface area (Å²) < 4.78 is 5.55. The molecule has 0 aromatic carbocycles. The Bertz CT molecular complexity index is 410. The molecule has 104 valence electrons. The molecule has 1 N–H and O–H groups in total. The van der Waals surface area contributed by atoms with Crippen molar-refractivity contribution in [1.82, 2.24) is 9.88 Å². The van der Waals surface area contributed by atoms with Crippen LogP contribution in [0.2, 0.25) is 0 Å². The second kappa shape index (κ2) is 6.52. The molecule has 0 bridgehead atoms. The van der Waals surface area contributed by atoms with E-state index in [1.54, 1.807) is 24.5 Å². The van der Waals surface area contributed by atoms with E-state index in [0.717, 1.165) is 26.1 Å². The van der Waals surface area contributed by atoms with E-state index in [0.29, 0.717) is 5.75 Å². The van der Waals surface area contributed by atoms with Crippen molar-refractivity contribution in [1.29, 1.82) is 0 Å². The van der Waals surface area contributed by atoms with Crippen LogP contribution in [0.25, 0.3) is 0 Å². The third-order valence-corrected chi connectivity index (χ3v) is 3.71. The Morgan fingerprint density at radius 2 is 2.53 bits per heavy atom. The average molecular weight is 264 g/mol. The van der Waals surface area contributed by atoms with Gasteiger partial charge in [0.05, 0.1) is 12.1 Å². The predicted octanol–water partition coefficient (Wildman–Crippen LogP) is 1.50. The number of nitrogens with zero attached hydrogens (tertiary/aromatic N) is 2. The number of carboxylic acids is 1. The van der Waals surface area contributed by atoms with Crippen molar-refractivity contribution < 1.29 is 14.6 Å². The second-order valence-electron chi connectivity index (χ2n) is 4.89. The van der Waals surface area contributed by atoms with Gasteiger partial charge in [-0.1, -0.05) is 6.92 Å². The van der Waals surface area contributed by atoms with Gasteiger partial charge in [-0.2, -0.15) is 0 Å². The molecular weight excluding hydrogens is 244 g/mol. The van der Waals surface area contributed by atoms with Crippen molar-refractivity contribution in [2.24, 2.45) is 11.8 Å². The van der Waals surface area contributed by atoms with Crippen molar-refractivity contribution in [3.05, 3.63) is 24.5 Å². The first-order valence-electron chi connectivity index (χ1n) is 6.68. The van der Waals surface area contributed by atoms with Crippen molar-refractivity contribution in [2.45, 2.75) is 13.3 Å². The Balaban J connectivity index is 1.92. The lowest BCUT2D eigenvalue weighted by molar-refractivity contribution is -0.144. The van der Waals surface area contributed by atoms with Crippen molar-refractivity contribution in [3.8, 4) is 5.75 Å². The van der Waals surface area contributed by atoms with Crippen LogP contribution in [0.3, 0.4) is 0 Å². The highest BCUT2D eigenvalue weighted by Crippen LogP contribution is 2.25. The Kier molecular flexibility index (Phi) is 4.74. The van der Waals surface area contributed by atoms with Crippen LogP contribution in [-0.2, 0) is 4.79 Å². The first kappa shape index (κ1) is 13.8. The van der Waals surface area contributed by atoms with Crippen LogP contribution < -0.4 is 4.74 Å². The van der Waals surface area contributed by atoms with Gasteiger partial charge in [-0.15, -0.1) is 0 Å². The lowest BCUT2D eigenvalue weighted by atomic mass is 9.92. The molecule has 19 heavy (non-hydrogen) atoms. The molecule has 1 aliphatic rings. The SMILES string of the molecule is CCN1CCC(C(COc2cccnc2)C(=O)O)C1. The minimum absolute atomic E-state index is 0.175. The summed E-state index contributed by atoms with van der Waals surface area (Å²) in [5, 5.41) is 9.36. The molecule has 1 aromatic rings. The highest BCUT2D eigenvalue weighted by atomic mass is 16.5. The van der Waals surface area contributed by atoms with Crippen LogP contribution >= 0.6 is 0 Å². The lowest BCUT2D eigenvalue weighted by Gasteiger charge is -2.20.